The smallest absolute Gasteiger partial charge is 0.132 e. The molecule has 3 nitrogen and oxygen atoms in total. The Balaban J connectivity index is 2.53. The van der Waals surface area contributed by atoms with Gasteiger partial charge in [-0.2, -0.15) is 0 Å². The molecule has 1 atom stereocenters. The van der Waals surface area contributed by atoms with E-state index in [1.807, 2.05) is 51.1 Å². The second-order valence-corrected chi connectivity index (χ2v) is 4.77. The van der Waals surface area contributed by atoms with Crippen molar-refractivity contribution in [3.8, 4) is 0 Å². The minimum absolute atomic E-state index is 0.0959. The van der Waals surface area contributed by atoms with Crippen molar-refractivity contribution in [3.05, 3.63) is 35.9 Å². The summed E-state index contributed by atoms with van der Waals surface area (Å²) < 4.78 is 0. The van der Waals surface area contributed by atoms with Crippen LogP contribution in [0.5, 0.6) is 0 Å². The molecule has 0 heterocycles. The monoisotopic (exact) mass is 236 g/mol. The van der Waals surface area contributed by atoms with Gasteiger partial charge in [-0.3, -0.25) is 4.79 Å². The molecule has 1 rings (SSSR count). The van der Waals surface area contributed by atoms with Crippen molar-refractivity contribution in [1.29, 1.82) is 0 Å². The summed E-state index contributed by atoms with van der Waals surface area (Å²) in [4.78, 5) is 21.6. The van der Waals surface area contributed by atoms with Crippen LogP contribution in [0.4, 0.5) is 0 Å². The number of carbonyl (C=O) groups excluding carboxylic acids is 1. The first-order chi connectivity index (χ1) is 7.92. The standard InChI is InChI=1S/C14H20O3/c1-11(15)10-12(2)16-17-14(3,4)13-8-6-5-7-9-13/h5-9,12H,10H2,1-4H3/t12-/m1/s1. The molecule has 0 aromatic heterocycles. The summed E-state index contributed by atoms with van der Waals surface area (Å²) in [5.41, 5.74) is 0.516. The van der Waals surface area contributed by atoms with Crippen LogP contribution in [-0.4, -0.2) is 11.9 Å². The Hall–Kier alpha value is -1.19. The lowest BCUT2D eigenvalue weighted by atomic mass is 9.99. The molecule has 0 N–H and O–H groups in total. The molecule has 0 saturated carbocycles. The third kappa shape index (κ3) is 4.67. The lowest BCUT2D eigenvalue weighted by Gasteiger charge is -2.25. The number of carbonyl (C=O) groups is 1. The molecule has 0 radical (unpaired) electrons. The fourth-order valence-electron chi connectivity index (χ4n) is 1.53. The van der Waals surface area contributed by atoms with E-state index >= 15 is 0 Å². The van der Waals surface area contributed by atoms with E-state index in [0.29, 0.717) is 6.42 Å². The van der Waals surface area contributed by atoms with Gasteiger partial charge in [0.2, 0.25) is 0 Å². The minimum Gasteiger partial charge on any atom is -0.300 e. The van der Waals surface area contributed by atoms with Crippen LogP contribution < -0.4 is 0 Å². The molecule has 0 spiro atoms. The summed E-state index contributed by atoms with van der Waals surface area (Å²) in [6, 6.07) is 9.84. The maximum Gasteiger partial charge on any atom is 0.132 e. The molecule has 0 amide bonds. The highest BCUT2D eigenvalue weighted by atomic mass is 17.2. The van der Waals surface area contributed by atoms with Crippen LogP contribution in [0.25, 0.3) is 0 Å². The Morgan fingerprint density at radius 1 is 1.29 bits per heavy atom. The van der Waals surface area contributed by atoms with Gasteiger partial charge in [0.25, 0.3) is 0 Å². The molecule has 0 aliphatic rings. The predicted octanol–water partition coefficient (Wildman–Crippen LogP) is 3.24. The summed E-state index contributed by atoms with van der Waals surface area (Å²) in [7, 11) is 0. The maximum absolute atomic E-state index is 10.9. The van der Waals surface area contributed by atoms with Crippen LogP contribution in [0.2, 0.25) is 0 Å². The molecule has 17 heavy (non-hydrogen) atoms. The van der Waals surface area contributed by atoms with Gasteiger partial charge >= 0.3 is 0 Å². The minimum atomic E-state index is -0.522. The molecule has 0 fully saturated rings. The van der Waals surface area contributed by atoms with Crippen LogP contribution in [-0.2, 0) is 20.2 Å². The fourth-order valence-corrected chi connectivity index (χ4v) is 1.53. The third-order valence-corrected chi connectivity index (χ3v) is 2.46. The van der Waals surface area contributed by atoms with E-state index in [2.05, 4.69) is 0 Å². The van der Waals surface area contributed by atoms with Crippen molar-refractivity contribution in [2.75, 3.05) is 0 Å². The summed E-state index contributed by atoms with van der Waals surface area (Å²) >= 11 is 0. The Labute approximate surface area is 103 Å². The van der Waals surface area contributed by atoms with Crippen LogP contribution in [0, 0.1) is 0 Å². The summed E-state index contributed by atoms with van der Waals surface area (Å²) in [6.07, 6.45) is 0.140. The van der Waals surface area contributed by atoms with Gasteiger partial charge in [0.1, 0.15) is 11.4 Å². The molecule has 0 saturated heterocycles. The highest BCUT2D eigenvalue weighted by Crippen LogP contribution is 2.25. The SMILES string of the molecule is CC(=O)C[C@@H](C)OOC(C)(C)c1ccccc1. The van der Waals surface area contributed by atoms with E-state index < -0.39 is 5.60 Å². The zero-order valence-corrected chi connectivity index (χ0v) is 10.9. The second kappa shape index (κ2) is 5.94. The van der Waals surface area contributed by atoms with Gasteiger partial charge in [0.15, 0.2) is 0 Å². The average Bonchev–Trinajstić information content (AvgIpc) is 2.27. The molecular formula is C14H20O3. The fraction of sp³-hybridized carbons (Fsp3) is 0.500. The van der Waals surface area contributed by atoms with E-state index in [9.17, 15) is 4.79 Å². The van der Waals surface area contributed by atoms with Crippen molar-refractivity contribution in [2.24, 2.45) is 0 Å². The largest absolute Gasteiger partial charge is 0.300 e. The highest BCUT2D eigenvalue weighted by molar-refractivity contribution is 5.75. The zero-order chi connectivity index (χ0) is 12.9. The molecule has 0 aliphatic heterocycles. The van der Waals surface area contributed by atoms with E-state index in [0.717, 1.165) is 5.56 Å². The van der Waals surface area contributed by atoms with Crippen LogP contribution >= 0.6 is 0 Å². The van der Waals surface area contributed by atoms with Crippen molar-refractivity contribution in [3.63, 3.8) is 0 Å². The lowest BCUT2D eigenvalue weighted by Crippen LogP contribution is -2.25. The Bertz CT molecular complexity index is 357. The quantitative estimate of drug-likeness (QED) is 0.562. The number of hydrogen-bond acceptors (Lipinski definition) is 3. The maximum atomic E-state index is 10.9. The molecule has 1 aromatic rings. The molecule has 1 aromatic carbocycles. The number of ketones is 1. The van der Waals surface area contributed by atoms with Gasteiger partial charge in [-0.15, -0.1) is 0 Å². The number of Topliss-reactive ketones (excluding diaryl/α,β-unsaturated/α-hetero) is 1. The second-order valence-electron chi connectivity index (χ2n) is 4.77. The summed E-state index contributed by atoms with van der Waals surface area (Å²) in [5, 5.41) is 0. The van der Waals surface area contributed by atoms with Gasteiger partial charge in [-0.05, 0) is 33.3 Å². The molecule has 94 valence electrons. The van der Waals surface area contributed by atoms with E-state index in [-0.39, 0.29) is 11.9 Å². The summed E-state index contributed by atoms with van der Waals surface area (Å²) in [5.74, 6) is 0.0959. The van der Waals surface area contributed by atoms with Gasteiger partial charge in [0, 0.05) is 6.42 Å². The zero-order valence-electron chi connectivity index (χ0n) is 10.9. The highest BCUT2D eigenvalue weighted by Gasteiger charge is 2.23. The third-order valence-electron chi connectivity index (χ3n) is 2.46. The van der Waals surface area contributed by atoms with Crippen molar-refractivity contribution in [1.82, 2.24) is 0 Å². The molecule has 3 heteroatoms. The number of rotatable bonds is 6. The van der Waals surface area contributed by atoms with Crippen LogP contribution in [0.1, 0.15) is 39.7 Å². The predicted molar refractivity (Wildman–Crippen MR) is 66.4 cm³/mol. The normalized spacial score (nSPS) is 13.4. The van der Waals surface area contributed by atoms with E-state index in [1.54, 1.807) is 6.92 Å². The number of hydrogen-bond donors (Lipinski definition) is 0. The van der Waals surface area contributed by atoms with E-state index in [4.69, 9.17) is 9.78 Å². The molecular weight excluding hydrogens is 216 g/mol. The summed E-state index contributed by atoms with van der Waals surface area (Å²) in [6.45, 7) is 7.23. The molecule has 0 unspecified atom stereocenters. The first-order valence-electron chi connectivity index (χ1n) is 5.81. The van der Waals surface area contributed by atoms with Crippen molar-refractivity contribution < 1.29 is 14.6 Å². The Morgan fingerprint density at radius 3 is 2.41 bits per heavy atom. The topological polar surface area (TPSA) is 35.5 Å². The van der Waals surface area contributed by atoms with Crippen molar-refractivity contribution >= 4 is 5.78 Å². The molecule has 0 aliphatic carbocycles. The van der Waals surface area contributed by atoms with Gasteiger partial charge < -0.3 is 0 Å². The first kappa shape index (κ1) is 13.9. The first-order valence-corrected chi connectivity index (χ1v) is 5.81. The van der Waals surface area contributed by atoms with E-state index in [1.165, 1.54) is 0 Å². The van der Waals surface area contributed by atoms with Crippen molar-refractivity contribution in [2.45, 2.75) is 45.8 Å². The Kier molecular flexibility index (Phi) is 4.85. The van der Waals surface area contributed by atoms with Gasteiger partial charge in [-0.25, -0.2) is 9.78 Å². The lowest BCUT2D eigenvalue weighted by molar-refractivity contribution is -0.378. The Morgan fingerprint density at radius 2 is 1.88 bits per heavy atom. The molecule has 0 bridgehead atoms. The average molecular weight is 236 g/mol. The van der Waals surface area contributed by atoms with Crippen LogP contribution in [0.3, 0.4) is 0 Å². The van der Waals surface area contributed by atoms with Crippen LogP contribution in [0.15, 0.2) is 30.3 Å². The van der Waals surface area contributed by atoms with Gasteiger partial charge in [-0.1, -0.05) is 30.3 Å². The van der Waals surface area contributed by atoms with Gasteiger partial charge in [0.05, 0.1) is 6.10 Å². The number of benzene rings is 1.